The monoisotopic (exact) mass is 336 g/mol. The second kappa shape index (κ2) is 6.02. The minimum atomic E-state index is -4.95. The van der Waals surface area contributed by atoms with Gasteiger partial charge in [-0.3, -0.25) is 0 Å². The van der Waals surface area contributed by atoms with Crippen LogP contribution in [0.3, 0.4) is 0 Å². The maximum atomic E-state index is 13.0. The van der Waals surface area contributed by atoms with Gasteiger partial charge in [0.1, 0.15) is 11.5 Å². The fourth-order valence-corrected chi connectivity index (χ4v) is 2.02. The number of halogens is 6. The molecule has 2 nitrogen and oxygen atoms in total. The summed E-state index contributed by atoms with van der Waals surface area (Å²) in [4.78, 5) is 0. The molecule has 124 valence electrons. The van der Waals surface area contributed by atoms with Crippen molar-refractivity contribution in [3.05, 3.63) is 48.0 Å². The van der Waals surface area contributed by atoms with Gasteiger partial charge in [0.15, 0.2) is 0 Å². The van der Waals surface area contributed by atoms with Crippen molar-refractivity contribution in [2.45, 2.75) is 12.5 Å². The smallest absolute Gasteiger partial charge is 0.496 e. The Hall–Kier alpha value is -2.38. The SMILES string of the molecule is COc1ccc(-c2ccccc2OC(F)(F)F)cc1C(F)(F)F. The third-order valence-corrected chi connectivity index (χ3v) is 2.93. The first-order valence-electron chi connectivity index (χ1n) is 6.22. The van der Waals surface area contributed by atoms with E-state index < -0.39 is 29.6 Å². The highest BCUT2D eigenvalue weighted by Crippen LogP contribution is 2.41. The van der Waals surface area contributed by atoms with Crippen LogP contribution in [0.2, 0.25) is 0 Å². The van der Waals surface area contributed by atoms with E-state index in [4.69, 9.17) is 0 Å². The van der Waals surface area contributed by atoms with E-state index >= 15 is 0 Å². The van der Waals surface area contributed by atoms with Crippen molar-refractivity contribution in [1.82, 2.24) is 0 Å². The molecule has 0 N–H and O–H groups in total. The van der Waals surface area contributed by atoms with E-state index in [-0.39, 0.29) is 11.1 Å². The Morgan fingerprint density at radius 2 is 1.48 bits per heavy atom. The molecular formula is C15H10F6O2. The predicted octanol–water partition coefficient (Wildman–Crippen LogP) is 5.28. The lowest BCUT2D eigenvalue weighted by atomic mass is 10.0. The second-order valence-corrected chi connectivity index (χ2v) is 4.46. The van der Waals surface area contributed by atoms with Crippen LogP contribution in [0.4, 0.5) is 26.3 Å². The minimum absolute atomic E-state index is 0.0713. The first-order valence-corrected chi connectivity index (χ1v) is 6.22. The molecule has 2 aromatic rings. The fourth-order valence-electron chi connectivity index (χ4n) is 2.02. The third-order valence-electron chi connectivity index (χ3n) is 2.93. The molecule has 0 aliphatic rings. The molecule has 0 radical (unpaired) electrons. The van der Waals surface area contributed by atoms with E-state index in [1.807, 2.05) is 0 Å². The van der Waals surface area contributed by atoms with E-state index in [1.165, 1.54) is 24.3 Å². The van der Waals surface area contributed by atoms with Gasteiger partial charge in [-0.2, -0.15) is 13.2 Å². The second-order valence-electron chi connectivity index (χ2n) is 4.46. The first kappa shape index (κ1) is 17.0. The largest absolute Gasteiger partial charge is 0.573 e. The summed E-state index contributed by atoms with van der Waals surface area (Å²) in [5.74, 6) is -1.01. The molecule has 0 bridgehead atoms. The summed E-state index contributed by atoms with van der Waals surface area (Å²) in [6.45, 7) is 0. The summed E-state index contributed by atoms with van der Waals surface area (Å²) in [6.07, 6.45) is -9.66. The molecule has 0 heterocycles. The summed E-state index contributed by atoms with van der Waals surface area (Å²) in [7, 11) is 1.07. The highest BCUT2D eigenvalue weighted by Gasteiger charge is 2.35. The topological polar surface area (TPSA) is 18.5 Å². The molecule has 0 aliphatic heterocycles. The van der Waals surface area contributed by atoms with Gasteiger partial charge in [0.2, 0.25) is 0 Å². The van der Waals surface area contributed by atoms with Gasteiger partial charge in [-0.1, -0.05) is 24.3 Å². The van der Waals surface area contributed by atoms with Crippen molar-refractivity contribution in [1.29, 1.82) is 0 Å². The molecule has 0 fully saturated rings. The van der Waals surface area contributed by atoms with Crippen LogP contribution in [-0.2, 0) is 6.18 Å². The molecule has 2 rings (SSSR count). The lowest BCUT2D eigenvalue weighted by Gasteiger charge is -2.16. The van der Waals surface area contributed by atoms with Crippen LogP contribution in [0, 0.1) is 0 Å². The number of ether oxygens (including phenoxy) is 2. The Morgan fingerprint density at radius 3 is 2.04 bits per heavy atom. The Bertz CT molecular complexity index is 691. The van der Waals surface area contributed by atoms with Crippen molar-refractivity contribution >= 4 is 0 Å². The zero-order chi connectivity index (χ0) is 17.3. The number of rotatable bonds is 3. The quantitative estimate of drug-likeness (QED) is 0.710. The Kier molecular flexibility index (Phi) is 4.44. The maximum Gasteiger partial charge on any atom is 0.573 e. The van der Waals surface area contributed by atoms with E-state index in [0.29, 0.717) is 0 Å². The number of hydrogen-bond donors (Lipinski definition) is 0. The van der Waals surface area contributed by atoms with Crippen LogP contribution in [0.15, 0.2) is 42.5 Å². The van der Waals surface area contributed by atoms with Gasteiger partial charge >= 0.3 is 12.5 Å². The molecule has 0 amide bonds. The molecular weight excluding hydrogens is 326 g/mol. The normalized spacial score (nSPS) is 12.1. The van der Waals surface area contributed by atoms with Crippen LogP contribution in [-0.4, -0.2) is 13.5 Å². The summed E-state index contributed by atoms with van der Waals surface area (Å²) in [6, 6.07) is 7.95. The molecule has 8 heteroatoms. The average molecular weight is 336 g/mol. The van der Waals surface area contributed by atoms with Crippen molar-refractivity contribution in [2.24, 2.45) is 0 Å². The molecule has 0 spiro atoms. The van der Waals surface area contributed by atoms with Gasteiger partial charge in [0, 0.05) is 5.56 Å². The number of hydrogen-bond acceptors (Lipinski definition) is 2. The van der Waals surface area contributed by atoms with Gasteiger partial charge in [-0.25, -0.2) is 0 Å². The van der Waals surface area contributed by atoms with Crippen molar-refractivity contribution < 1.29 is 35.8 Å². The highest BCUT2D eigenvalue weighted by molar-refractivity contribution is 5.72. The minimum Gasteiger partial charge on any atom is -0.496 e. The van der Waals surface area contributed by atoms with E-state index in [0.717, 1.165) is 25.3 Å². The molecule has 0 saturated heterocycles. The van der Waals surface area contributed by atoms with Crippen molar-refractivity contribution in [3.63, 3.8) is 0 Å². The summed E-state index contributed by atoms with van der Waals surface area (Å²) in [5.41, 5.74) is -1.27. The maximum absolute atomic E-state index is 13.0. The van der Waals surface area contributed by atoms with Gasteiger partial charge in [-0.15, -0.1) is 13.2 Å². The van der Waals surface area contributed by atoms with Crippen LogP contribution in [0.25, 0.3) is 11.1 Å². The summed E-state index contributed by atoms with van der Waals surface area (Å²) >= 11 is 0. The predicted molar refractivity (Wildman–Crippen MR) is 70.1 cm³/mol. The Morgan fingerprint density at radius 1 is 0.826 bits per heavy atom. The lowest BCUT2D eigenvalue weighted by molar-refractivity contribution is -0.274. The zero-order valence-electron chi connectivity index (χ0n) is 11.6. The van der Waals surface area contributed by atoms with Crippen molar-refractivity contribution in [2.75, 3.05) is 7.11 Å². The van der Waals surface area contributed by atoms with Gasteiger partial charge < -0.3 is 9.47 Å². The van der Waals surface area contributed by atoms with E-state index in [1.54, 1.807) is 0 Å². The molecule has 23 heavy (non-hydrogen) atoms. The molecule has 0 aromatic heterocycles. The Labute approximate surface area is 127 Å². The number of alkyl halides is 6. The van der Waals surface area contributed by atoms with Crippen LogP contribution in [0.1, 0.15) is 5.56 Å². The van der Waals surface area contributed by atoms with E-state index in [9.17, 15) is 26.3 Å². The molecule has 0 saturated carbocycles. The zero-order valence-corrected chi connectivity index (χ0v) is 11.6. The fraction of sp³-hybridized carbons (Fsp3) is 0.200. The van der Waals surface area contributed by atoms with Crippen LogP contribution in [0.5, 0.6) is 11.5 Å². The Balaban J connectivity index is 2.55. The molecule has 0 unspecified atom stereocenters. The van der Waals surface area contributed by atoms with Gasteiger partial charge in [0.05, 0.1) is 12.7 Å². The highest BCUT2D eigenvalue weighted by atomic mass is 19.4. The molecule has 2 aromatic carbocycles. The lowest BCUT2D eigenvalue weighted by Crippen LogP contribution is -2.17. The molecule has 0 atom stereocenters. The van der Waals surface area contributed by atoms with Gasteiger partial charge in [0.25, 0.3) is 0 Å². The summed E-state index contributed by atoms with van der Waals surface area (Å²) in [5, 5.41) is 0. The number of methoxy groups -OCH3 is 1. The van der Waals surface area contributed by atoms with Crippen LogP contribution < -0.4 is 9.47 Å². The summed E-state index contributed by atoms with van der Waals surface area (Å²) < 4.78 is 84.7. The number of para-hydroxylation sites is 1. The number of benzene rings is 2. The molecule has 0 aliphatic carbocycles. The third kappa shape index (κ3) is 4.08. The van der Waals surface area contributed by atoms with Gasteiger partial charge in [-0.05, 0) is 23.8 Å². The van der Waals surface area contributed by atoms with E-state index in [2.05, 4.69) is 9.47 Å². The standard InChI is InChI=1S/C15H10F6O2/c1-22-13-7-6-9(8-11(13)14(16,17)18)10-4-2-3-5-12(10)23-15(19,20)21/h2-8H,1H3. The first-order chi connectivity index (χ1) is 10.6. The van der Waals surface area contributed by atoms with Crippen molar-refractivity contribution in [3.8, 4) is 22.6 Å². The average Bonchev–Trinajstić information content (AvgIpc) is 2.44. The van der Waals surface area contributed by atoms with Crippen LogP contribution >= 0.6 is 0 Å².